The molecule has 1 aromatic heterocycles. The third-order valence-corrected chi connectivity index (χ3v) is 4.88. The SMILES string of the molecule is CCOC(=O)Cc1oc2c(c1-c1ccc(Br)cc1)C(=O)CC(C)(C)C2. The number of ketones is 1. The summed E-state index contributed by atoms with van der Waals surface area (Å²) >= 11 is 3.43. The minimum absolute atomic E-state index is 0.0277. The van der Waals surface area contributed by atoms with Gasteiger partial charge in [-0.25, -0.2) is 0 Å². The summed E-state index contributed by atoms with van der Waals surface area (Å²) in [6, 6.07) is 7.69. The average molecular weight is 405 g/mol. The molecule has 1 aliphatic carbocycles. The molecule has 25 heavy (non-hydrogen) atoms. The molecule has 0 atom stereocenters. The number of fused-ring (bicyclic) bond motifs is 1. The third-order valence-electron chi connectivity index (χ3n) is 4.35. The maximum Gasteiger partial charge on any atom is 0.313 e. The van der Waals surface area contributed by atoms with Gasteiger partial charge in [-0.1, -0.05) is 41.9 Å². The highest BCUT2D eigenvalue weighted by Crippen LogP contribution is 2.42. The van der Waals surface area contributed by atoms with Gasteiger partial charge in [0.1, 0.15) is 17.9 Å². The Balaban J connectivity index is 2.13. The number of carbonyl (C=O) groups is 2. The van der Waals surface area contributed by atoms with E-state index in [-0.39, 0.29) is 23.6 Å². The van der Waals surface area contributed by atoms with E-state index >= 15 is 0 Å². The number of rotatable bonds is 4. The number of Topliss-reactive ketones (excluding diaryl/α,β-unsaturated/α-hetero) is 1. The van der Waals surface area contributed by atoms with E-state index in [1.807, 2.05) is 24.3 Å². The van der Waals surface area contributed by atoms with E-state index in [9.17, 15) is 9.59 Å². The molecule has 0 unspecified atom stereocenters. The molecule has 0 N–H and O–H groups in total. The molecule has 132 valence electrons. The second-order valence-corrected chi connectivity index (χ2v) is 8.04. The van der Waals surface area contributed by atoms with Gasteiger partial charge in [-0.3, -0.25) is 9.59 Å². The molecule has 0 saturated heterocycles. The predicted molar refractivity (Wildman–Crippen MR) is 98.6 cm³/mol. The minimum Gasteiger partial charge on any atom is -0.466 e. The Morgan fingerprint density at radius 3 is 2.52 bits per heavy atom. The lowest BCUT2D eigenvalue weighted by Crippen LogP contribution is -2.26. The van der Waals surface area contributed by atoms with Crippen molar-refractivity contribution >= 4 is 27.7 Å². The van der Waals surface area contributed by atoms with Gasteiger partial charge in [-0.2, -0.15) is 0 Å². The summed E-state index contributed by atoms with van der Waals surface area (Å²) < 4.78 is 12.0. The summed E-state index contributed by atoms with van der Waals surface area (Å²) in [6.45, 7) is 6.20. The van der Waals surface area contributed by atoms with Gasteiger partial charge in [0.2, 0.25) is 0 Å². The number of hydrogen-bond donors (Lipinski definition) is 0. The topological polar surface area (TPSA) is 56.5 Å². The maximum absolute atomic E-state index is 12.8. The van der Waals surface area contributed by atoms with Crippen LogP contribution in [-0.4, -0.2) is 18.4 Å². The molecule has 0 fully saturated rings. The van der Waals surface area contributed by atoms with E-state index < -0.39 is 0 Å². The van der Waals surface area contributed by atoms with Gasteiger partial charge < -0.3 is 9.15 Å². The number of benzene rings is 1. The molecule has 0 saturated carbocycles. The summed E-state index contributed by atoms with van der Waals surface area (Å²) in [6.07, 6.45) is 1.18. The van der Waals surface area contributed by atoms with Crippen LogP contribution in [0.4, 0.5) is 0 Å². The van der Waals surface area contributed by atoms with Crippen LogP contribution in [-0.2, 0) is 22.4 Å². The van der Waals surface area contributed by atoms with Crippen molar-refractivity contribution in [1.82, 2.24) is 0 Å². The normalized spacial score (nSPS) is 15.8. The van der Waals surface area contributed by atoms with Gasteiger partial charge in [0.05, 0.1) is 12.2 Å². The smallest absolute Gasteiger partial charge is 0.313 e. The Labute approximate surface area is 155 Å². The summed E-state index contributed by atoms with van der Waals surface area (Å²) in [5.41, 5.74) is 2.10. The second kappa shape index (κ2) is 6.79. The lowest BCUT2D eigenvalue weighted by molar-refractivity contribution is -0.142. The van der Waals surface area contributed by atoms with E-state index in [1.54, 1.807) is 6.92 Å². The zero-order valence-electron chi connectivity index (χ0n) is 14.6. The number of hydrogen-bond acceptors (Lipinski definition) is 4. The first-order valence-corrected chi connectivity index (χ1v) is 9.19. The van der Waals surface area contributed by atoms with Crippen LogP contribution in [0.1, 0.15) is 49.1 Å². The van der Waals surface area contributed by atoms with Gasteiger partial charge in [-0.15, -0.1) is 0 Å². The van der Waals surface area contributed by atoms with Crippen LogP contribution >= 0.6 is 15.9 Å². The zero-order chi connectivity index (χ0) is 18.2. The van der Waals surface area contributed by atoms with E-state index in [4.69, 9.17) is 9.15 Å². The third kappa shape index (κ3) is 3.71. The van der Waals surface area contributed by atoms with Crippen molar-refractivity contribution in [1.29, 1.82) is 0 Å². The van der Waals surface area contributed by atoms with Gasteiger partial charge >= 0.3 is 5.97 Å². The first kappa shape index (κ1) is 17.9. The lowest BCUT2D eigenvalue weighted by atomic mass is 9.75. The van der Waals surface area contributed by atoms with Gasteiger partial charge in [0.15, 0.2) is 5.78 Å². The number of esters is 1. The molecule has 1 aliphatic rings. The monoisotopic (exact) mass is 404 g/mol. The van der Waals surface area contributed by atoms with Crippen molar-refractivity contribution in [2.75, 3.05) is 6.61 Å². The highest BCUT2D eigenvalue weighted by Gasteiger charge is 2.37. The van der Waals surface area contributed by atoms with E-state index in [1.165, 1.54) is 0 Å². The van der Waals surface area contributed by atoms with E-state index in [2.05, 4.69) is 29.8 Å². The average Bonchev–Trinajstić information content (AvgIpc) is 2.85. The fourth-order valence-electron chi connectivity index (χ4n) is 3.36. The summed E-state index contributed by atoms with van der Waals surface area (Å²) in [5, 5.41) is 0. The molecule has 5 heteroatoms. The quantitative estimate of drug-likeness (QED) is 0.674. The summed E-state index contributed by atoms with van der Waals surface area (Å²) in [7, 11) is 0. The molecule has 0 bridgehead atoms. The molecular formula is C20H21BrO4. The van der Waals surface area contributed by atoms with E-state index in [0.717, 1.165) is 15.6 Å². The number of carbonyl (C=O) groups excluding carboxylic acids is 2. The number of furan rings is 1. The number of ether oxygens (including phenoxy) is 1. The van der Waals surface area contributed by atoms with Gasteiger partial charge in [0, 0.05) is 22.9 Å². The molecule has 0 aliphatic heterocycles. The highest BCUT2D eigenvalue weighted by molar-refractivity contribution is 9.10. The standard InChI is InChI=1S/C20H21BrO4/c1-4-24-17(23)9-15-18(12-5-7-13(21)8-6-12)19-14(22)10-20(2,3)11-16(19)25-15/h5-8H,4,9-11H2,1-3H3. The molecule has 1 heterocycles. The van der Waals surface area contributed by atoms with Crippen LogP contribution in [0.2, 0.25) is 0 Å². The van der Waals surface area contributed by atoms with Crippen molar-refractivity contribution in [2.24, 2.45) is 5.41 Å². The predicted octanol–water partition coefficient (Wildman–Crippen LogP) is 4.97. The van der Waals surface area contributed by atoms with Crippen LogP contribution in [0.5, 0.6) is 0 Å². The maximum atomic E-state index is 12.8. The van der Waals surface area contributed by atoms with Crippen LogP contribution in [0.15, 0.2) is 33.2 Å². The molecule has 0 spiro atoms. The highest BCUT2D eigenvalue weighted by atomic mass is 79.9. The van der Waals surface area contributed by atoms with Crippen LogP contribution in [0, 0.1) is 5.41 Å². The molecule has 3 rings (SSSR count). The van der Waals surface area contributed by atoms with Crippen molar-refractivity contribution in [3.8, 4) is 11.1 Å². The summed E-state index contributed by atoms with van der Waals surface area (Å²) in [5.74, 6) is 0.914. The van der Waals surface area contributed by atoms with Gasteiger partial charge in [0.25, 0.3) is 0 Å². The Kier molecular flexibility index (Phi) is 4.87. The Hall–Kier alpha value is -1.88. The Bertz CT molecular complexity index is 815. The molecule has 0 radical (unpaired) electrons. The fourth-order valence-corrected chi connectivity index (χ4v) is 3.62. The Morgan fingerprint density at radius 2 is 1.88 bits per heavy atom. The second-order valence-electron chi connectivity index (χ2n) is 7.13. The van der Waals surface area contributed by atoms with E-state index in [0.29, 0.717) is 36.5 Å². The largest absolute Gasteiger partial charge is 0.466 e. The minimum atomic E-state index is -0.348. The van der Waals surface area contributed by atoms with Crippen molar-refractivity contribution in [3.63, 3.8) is 0 Å². The van der Waals surface area contributed by atoms with Crippen molar-refractivity contribution < 1.29 is 18.7 Å². The summed E-state index contributed by atoms with van der Waals surface area (Å²) in [4.78, 5) is 24.8. The lowest BCUT2D eigenvalue weighted by Gasteiger charge is -2.27. The van der Waals surface area contributed by atoms with Gasteiger partial charge in [-0.05, 0) is 30.0 Å². The Morgan fingerprint density at radius 1 is 1.20 bits per heavy atom. The number of halogens is 1. The molecule has 1 aromatic carbocycles. The molecule has 4 nitrogen and oxygen atoms in total. The van der Waals surface area contributed by atoms with Crippen LogP contribution in [0.25, 0.3) is 11.1 Å². The zero-order valence-corrected chi connectivity index (χ0v) is 16.2. The van der Waals surface area contributed by atoms with Crippen molar-refractivity contribution in [2.45, 2.75) is 40.0 Å². The van der Waals surface area contributed by atoms with Crippen LogP contribution in [0.3, 0.4) is 0 Å². The van der Waals surface area contributed by atoms with Crippen molar-refractivity contribution in [3.05, 3.63) is 45.8 Å². The first-order chi connectivity index (χ1) is 11.8. The molecule has 0 amide bonds. The molecule has 2 aromatic rings. The fraction of sp³-hybridized carbons (Fsp3) is 0.400. The molecular weight excluding hydrogens is 384 g/mol. The first-order valence-electron chi connectivity index (χ1n) is 8.40. The van der Waals surface area contributed by atoms with Crippen LogP contribution < -0.4 is 0 Å².